The van der Waals surface area contributed by atoms with Crippen LogP contribution in [-0.2, 0) is 14.3 Å². The molecule has 5 heteroatoms. The van der Waals surface area contributed by atoms with Crippen molar-refractivity contribution in [3.8, 4) is 0 Å². The summed E-state index contributed by atoms with van der Waals surface area (Å²) in [5.74, 6) is -0.807. The Kier molecular flexibility index (Phi) is 4.39. The molecule has 0 unspecified atom stereocenters. The zero-order chi connectivity index (χ0) is 14.6. The molecule has 1 N–H and O–H groups in total. The third-order valence-electron chi connectivity index (χ3n) is 3.79. The first-order valence-corrected chi connectivity index (χ1v) is 6.72. The van der Waals surface area contributed by atoms with E-state index >= 15 is 0 Å². The third-order valence-corrected chi connectivity index (χ3v) is 3.79. The van der Waals surface area contributed by atoms with E-state index in [2.05, 4.69) is 5.32 Å². The first-order chi connectivity index (χ1) is 9.60. The van der Waals surface area contributed by atoms with Crippen molar-refractivity contribution in [1.82, 2.24) is 5.32 Å². The number of hydrogen-bond acceptors (Lipinski definition) is 4. The van der Waals surface area contributed by atoms with Crippen molar-refractivity contribution >= 4 is 11.9 Å². The van der Waals surface area contributed by atoms with E-state index in [9.17, 15) is 9.59 Å². The summed E-state index contributed by atoms with van der Waals surface area (Å²) < 4.78 is 10.2. The van der Waals surface area contributed by atoms with Crippen molar-refractivity contribution < 1.29 is 19.1 Å². The molecule has 0 aromatic heterocycles. The molecule has 1 aliphatic heterocycles. The van der Waals surface area contributed by atoms with Gasteiger partial charge in [0, 0.05) is 5.56 Å². The third kappa shape index (κ3) is 2.67. The number of nitrogens with one attached hydrogen (secondary N) is 1. The van der Waals surface area contributed by atoms with Crippen LogP contribution >= 0.6 is 0 Å². The molecule has 1 amide bonds. The first-order valence-electron chi connectivity index (χ1n) is 6.72. The molecule has 2 rings (SSSR count). The largest absolute Gasteiger partial charge is 0.437 e. The predicted molar refractivity (Wildman–Crippen MR) is 73.0 cm³/mol. The highest BCUT2D eigenvalue weighted by Crippen LogP contribution is 2.26. The van der Waals surface area contributed by atoms with Crippen LogP contribution in [0.5, 0.6) is 0 Å². The summed E-state index contributed by atoms with van der Waals surface area (Å²) in [6.07, 6.45) is 0.730. The second-order valence-electron chi connectivity index (χ2n) is 5.00. The number of ether oxygens (including phenoxy) is 2. The fraction of sp³-hybridized carbons (Fsp3) is 0.467. The zero-order valence-electron chi connectivity index (χ0n) is 11.7. The van der Waals surface area contributed by atoms with Crippen molar-refractivity contribution in [3.05, 3.63) is 35.9 Å². The van der Waals surface area contributed by atoms with Gasteiger partial charge in [0.15, 0.2) is 12.3 Å². The van der Waals surface area contributed by atoms with Crippen molar-refractivity contribution in [1.29, 1.82) is 0 Å². The Morgan fingerprint density at radius 1 is 1.40 bits per heavy atom. The molecule has 1 fully saturated rings. The molecule has 1 aromatic rings. The van der Waals surface area contributed by atoms with Gasteiger partial charge in [-0.05, 0) is 18.1 Å². The summed E-state index contributed by atoms with van der Waals surface area (Å²) in [5, 5.41) is 2.81. The Hall–Kier alpha value is -1.88. The fourth-order valence-corrected chi connectivity index (χ4v) is 2.25. The Morgan fingerprint density at radius 2 is 2.10 bits per heavy atom. The van der Waals surface area contributed by atoms with Gasteiger partial charge in [-0.15, -0.1) is 0 Å². The first kappa shape index (κ1) is 14.5. The maximum Gasteiger partial charge on any atom is 0.336 e. The molecule has 0 radical (unpaired) electrons. The number of hydrogen-bond donors (Lipinski definition) is 1. The molecule has 1 heterocycles. The number of amides is 1. The van der Waals surface area contributed by atoms with Gasteiger partial charge in [0.05, 0.1) is 6.61 Å². The monoisotopic (exact) mass is 277 g/mol. The van der Waals surface area contributed by atoms with Crippen LogP contribution in [0.25, 0.3) is 0 Å². The second-order valence-corrected chi connectivity index (χ2v) is 5.00. The molecular formula is C15H19NO4. The van der Waals surface area contributed by atoms with Gasteiger partial charge < -0.3 is 14.8 Å². The van der Waals surface area contributed by atoms with E-state index < -0.39 is 11.5 Å². The smallest absolute Gasteiger partial charge is 0.336 e. The highest BCUT2D eigenvalue weighted by Gasteiger charge is 2.48. The van der Waals surface area contributed by atoms with Crippen LogP contribution < -0.4 is 5.32 Å². The Morgan fingerprint density at radius 3 is 2.70 bits per heavy atom. The molecule has 0 saturated carbocycles. The maximum absolute atomic E-state index is 12.3. The summed E-state index contributed by atoms with van der Waals surface area (Å²) in [5.41, 5.74) is -0.603. The molecule has 108 valence electrons. The van der Waals surface area contributed by atoms with Gasteiger partial charge in [0.1, 0.15) is 0 Å². The molecule has 2 atom stereocenters. The molecule has 1 aromatic carbocycles. The molecule has 5 nitrogen and oxygen atoms in total. The van der Waals surface area contributed by atoms with Gasteiger partial charge in [-0.3, -0.25) is 4.79 Å². The van der Waals surface area contributed by atoms with Gasteiger partial charge >= 0.3 is 5.97 Å². The minimum absolute atomic E-state index is 0.0573. The zero-order valence-corrected chi connectivity index (χ0v) is 11.7. The van der Waals surface area contributed by atoms with Gasteiger partial charge in [0.2, 0.25) is 0 Å². The summed E-state index contributed by atoms with van der Waals surface area (Å²) in [6.45, 7) is 3.95. The fourth-order valence-electron chi connectivity index (χ4n) is 2.25. The minimum Gasteiger partial charge on any atom is -0.437 e. The standard InChI is InChI=1S/C15H19NO4/c1-3-11(2)15(9-19-10-20-14(15)18)16-13(17)12-7-5-4-6-8-12/h4-8,11H,3,9-10H2,1-2H3,(H,16,17)/t11-,15+/m0/s1. The summed E-state index contributed by atoms with van der Waals surface area (Å²) in [7, 11) is 0. The average molecular weight is 277 g/mol. The SMILES string of the molecule is CC[C@H](C)[C@]1(NC(=O)c2ccccc2)COCOC1=O. The Labute approximate surface area is 118 Å². The lowest BCUT2D eigenvalue weighted by Crippen LogP contribution is -2.64. The van der Waals surface area contributed by atoms with Crippen molar-refractivity contribution in [2.45, 2.75) is 25.8 Å². The second kappa shape index (κ2) is 6.05. The van der Waals surface area contributed by atoms with Crippen LogP contribution in [0, 0.1) is 5.92 Å². The van der Waals surface area contributed by atoms with Gasteiger partial charge in [-0.2, -0.15) is 0 Å². The lowest BCUT2D eigenvalue weighted by Gasteiger charge is -2.39. The van der Waals surface area contributed by atoms with E-state index in [1.54, 1.807) is 24.3 Å². The minimum atomic E-state index is -1.11. The van der Waals surface area contributed by atoms with Crippen LogP contribution in [0.1, 0.15) is 30.6 Å². The summed E-state index contributed by atoms with van der Waals surface area (Å²) >= 11 is 0. The van der Waals surface area contributed by atoms with Crippen molar-refractivity contribution in [2.75, 3.05) is 13.4 Å². The quantitative estimate of drug-likeness (QED) is 0.851. The van der Waals surface area contributed by atoms with E-state index in [1.807, 2.05) is 19.9 Å². The number of carbonyl (C=O) groups excluding carboxylic acids is 2. The summed E-state index contributed by atoms with van der Waals surface area (Å²) in [4.78, 5) is 24.5. The number of benzene rings is 1. The number of esters is 1. The summed E-state index contributed by atoms with van der Waals surface area (Å²) in [6, 6.07) is 8.80. The van der Waals surface area contributed by atoms with Gasteiger partial charge in [-0.25, -0.2) is 4.79 Å². The average Bonchev–Trinajstić information content (AvgIpc) is 2.49. The number of cyclic esters (lactones) is 1. The Bertz CT molecular complexity index is 488. The molecule has 0 aliphatic carbocycles. The lowest BCUT2D eigenvalue weighted by atomic mass is 9.83. The highest BCUT2D eigenvalue weighted by molar-refractivity contribution is 5.98. The number of rotatable bonds is 4. The van der Waals surface area contributed by atoms with Crippen LogP contribution in [0.4, 0.5) is 0 Å². The molecule has 1 saturated heterocycles. The van der Waals surface area contributed by atoms with Gasteiger partial charge in [0.25, 0.3) is 5.91 Å². The topological polar surface area (TPSA) is 64.6 Å². The molecule has 1 aliphatic rings. The lowest BCUT2D eigenvalue weighted by molar-refractivity contribution is -0.189. The van der Waals surface area contributed by atoms with Gasteiger partial charge in [-0.1, -0.05) is 38.5 Å². The van der Waals surface area contributed by atoms with E-state index in [-0.39, 0.29) is 25.2 Å². The van der Waals surface area contributed by atoms with Crippen LogP contribution in [-0.4, -0.2) is 30.8 Å². The highest BCUT2D eigenvalue weighted by atomic mass is 16.7. The van der Waals surface area contributed by atoms with E-state index in [0.717, 1.165) is 6.42 Å². The predicted octanol–water partition coefficient (Wildman–Crippen LogP) is 1.73. The maximum atomic E-state index is 12.3. The molecular weight excluding hydrogens is 258 g/mol. The van der Waals surface area contributed by atoms with Crippen LogP contribution in [0.3, 0.4) is 0 Å². The Balaban J connectivity index is 2.24. The van der Waals surface area contributed by atoms with Crippen molar-refractivity contribution in [2.24, 2.45) is 5.92 Å². The van der Waals surface area contributed by atoms with Crippen molar-refractivity contribution in [3.63, 3.8) is 0 Å². The normalized spacial score (nSPS) is 23.8. The van der Waals surface area contributed by atoms with Crippen LogP contribution in [0.2, 0.25) is 0 Å². The van der Waals surface area contributed by atoms with Crippen LogP contribution in [0.15, 0.2) is 30.3 Å². The van der Waals surface area contributed by atoms with E-state index in [0.29, 0.717) is 5.56 Å². The number of carbonyl (C=O) groups is 2. The van der Waals surface area contributed by atoms with E-state index in [4.69, 9.17) is 9.47 Å². The molecule has 0 spiro atoms. The van der Waals surface area contributed by atoms with E-state index in [1.165, 1.54) is 0 Å². The molecule has 0 bridgehead atoms. The molecule has 20 heavy (non-hydrogen) atoms.